The first-order chi connectivity index (χ1) is 5.59. The van der Waals surface area contributed by atoms with Crippen molar-refractivity contribution >= 4 is 0 Å². The van der Waals surface area contributed by atoms with Crippen LogP contribution in [0, 0.1) is 29.1 Å². The van der Waals surface area contributed by atoms with Crippen molar-refractivity contribution < 1.29 is 0 Å². The Morgan fingerprint density at radius 2 is 2.17 bits per heavy atom. The maximum absolute atomic E-state index is 2.50. The molecule has 70 valence electrons. The Hall–Kier alpha value is 0. The molecule has 0 saturated heterocycles. The highest BCUT2D eigenvalue weighted by Crippen LogP contribution is 2.75. The van der Waals surface area contributed by atoms with Crippen LogP contribution in [0.5, 0.6) is 0 Å². The van der Waals surface area contributed by atoms with Crippen molar-refractivity contribution in [2.75, 3.05) is 0 Å². The summed E-state index contributed by atoms with van der Waals surface area (Å²) in [6.07, 6.45) is 4.39. The van der Waals surface area contributed by atoms with Gasteiger partial charge in [0.25, 0.3) is 0 Å². The second-order valence-corrected chi connectivity index (χ2v) is 5.53. The van der Waals surface area contributed by atoms with E-state index >= 15 is 0 Å². The minimum Gasteiger partial charge on any atom is -0.0651 e. The predicted molar refractivity (Wildman–Crippen MR) is 52.9 cm³/mol. The Kier molecular flexibility index (Phi) is 1.79. The van der Waals surface area contributed by atoms with Crippen molar-refractivity contribution in [3.63, 3.8) is 0 Å². The molecule has 0 heteroatoms. The van der Waals surface area contributed by atoms with Crippen molar-refractivity contribution in [2.45, 2.75) is 47.0 Å². The minimum atomic E-state index is 0.808. The van der Waals surface area contributed by atoms with E-state index < -0.39 is 0 Å². The van der Waals surface area contributed by atoms with Crippen LogP contribution in [-0.2, 0) is 0 Å². The molecule has 0 amide bonds. The molecule has 0 aromatic heterocycles. The molecule has 12 heavy (non-hydrogen) atoms. The lowest BCUT2D eigenvalue weighted by atomic mass is 9.63. The van der Waals surface area contributed by atoms with Crippen molar-refractivity contribution in [1.82, 2.24) is 0 Å². The number of hydrogen-bond acceptors (Lipinski definition) is 0. The van der Waals surface area contributed by atoms with Gasteiger partial charge in [0.1, 0.15) is 0 Å². The lowest BCUT2D eigenvalue weighted by Gasteiger charge is -2.42. The van der Waals surface area contributed by atoms with Crippen LogP contribution in [0.2, 0.25) is 0 Å². The number of rotatable bonds is 3. The second kappa shape index (κ2) is 2.49. The molecule has 0 heterocycles. The first-order valence-corrected chi connectivity index (χ1v) is 5.59. The van der Waals surface area contributed by atoms with Gasteiger partial charge in [0.2, 0.25) is 0 Å². The van der Waals surface area contributed by atoms with E-state index in [9.17, 15) is 0 Å². The average molecular weight is 166 g/mol. The van der Waals surface area contributed by atoms with Crippen LogP contribution in [0.3, 0.4) is 0 Å². The number of fused-ring (bicyclic) bond motifs is 1. The first-order valence-electron chi connectivity index (χ1n) is 5.59. The lowest BCUT2D eigenvalue weighted by Crippen LogP contribution is -2.36. The van der Waals surface area contributed by atoms with E-state index in [4.69, 9.17) is 0 Å². The Labute approximate surface area is 76.7 Å². The molecule has 0 nitrogen and oxygen atoms in total. The minimum absolute atomic E-state index is 0.808. The predicted octanol–water partition coefficient (Wildman–Crippen LogP) is 3.71. The molecule has 5 atom stereocenters. The molecule has 0 aromatic carbocycles. The third-order valence-electron chi connectivity index (χ3n) is 4.82. The van der Waals surface area contributed by atoms with Gasteiger partial charge in [0.15, 0.2) is 0 Å². The third-order valence-corrected chi connectivity index (χ3v) is 4.82. The van der Waals surface area contributed by atoms with Gasteiger partial charge in [0.05, 0.1) is 0 Å². The lowest BCUT2D eigenvalue weighted by molar-refractivity contribution is 0.0640. The zero-order valence-corrected chi connectivity index (χ0v) is 8.93. The molecule has 0 aliphatic heterocycles. The molecule has 2 saturated carbocycles. The maximum Gasteiger partial charge on any atom is -0.0261 e. The zero-order valence-electron chi connectivity index (χ0n) is 8.93. The van der Waals surface area contributed by atoms with Crippen LogP contribution in [-0.4, -0.2) is 0 Å². The fourth-order valence-corrected chi connectivity index (χ4v) is 3.47. The van der Waals surface area contributed by atoms with Gasteiger partial charge in [-0.25, -0.2) is 0 Å². The van der Waals surface area contributed by atoms with Crippen molar-refractivity contribution in [3.8, 4) is 0 Å². The molecule has 0 bridgehead atoms. The van der Waals surface area contributed by atoms with Gasteiger partial charge >= 0.3 is 0 Å². The molecule has 0 spiro atoms. The van der Waals surface area contributed by atoms with Gasteiger partial charge in [-0.05, 0) is 41.9 Å². The van der Waals surface area contributed by atoms with Gasteiger partial charge in [-0.1, -0.05) is 34.1 Å². The van der Waals surface area contributed by atoms with Crippen LogP contribution >= 0.6 is 0 Å². The summed E-state index contributed by atoms with van der Waals surface area (Å²) >= 11 is 0. The molecule has 2 fully saturated rings. The summed E-state index contributed by atoms with van der Waals surface area (Å²) in [7, 11) is 0. The molecular weight excluding hydrogens is 144 g/mol. The molecule has 2 rings (SSSR count). The van der Waals surface area contributed by atoms with E-state index in [2.05, 4.69) is 27.7 Å². The van der Waals surface area contributed by atoms with E-state index in [1.807, 2.05) is 0 Å². The normalized spacial score (nSPS) is 52.5. The summed E-state index contributed by atoms with van der Waals surface area (Å²) in [5.74, 6) is 4.18. The van der Waals surface area contributed by atoms with Crippen molar-refractivity contribution in [2.24, 2.45) is 29.1 Å². The number of hydrogen-bond donors (Lipinski definition) is 0. The van der Waals surface area contributed by atoms with Gasteiger partial charge in [-0.3, -0.25) is 0 Å². The molecule has 2 aliphatic rings. The summed E-state index contributed by atoms with van der Waals surface area (Å²) in [5.41, 5.74) is 0.808. The van der Waals surface area contributed by atoms with Crippen LogP contribution in [0.15, 0.2) is 0 Å². The molecule has 2 aliphatic carbocycles. The first kappa shape index (κ1) is 8.59. The largest absolute Gasteiger partial charge is 0.0651 e. The molecule has 0 aromatic rings. The van der Waals surface area contributed by atoms with E-state index in [0.29, 0.717) is 0 Å². The SMILES string of the molecule is CCC(C)CC1C(C)C2CC12C. The van der Waals surface area contributed by atoms with Crippen LogP contribution in [0.1, 0.15) is 47.0 Å². The van der Waals surface area contributed by atoms with Crippen LogP contribution in [0.25, 0.3) is 0 Å². The summed E-state index contributed by atoms with van der Waals surface area (Å²) in [6.45, 7) is 9.70. The van der Waals surface area contributed by atoms with E-state index in [0.717, 1.165) is 29.1 Å². The Balaban J connectivity index is 1.89. The zero-order chi connectivity index (χ0) is 8.93. The highest BCUT2D eigenvalue weighted by molar-refractivity contribution is 5.16. The van der Waals surface area contributed by atoms with Crippen molar-refractivity contribution in [3.05, 3.63) is 0 Å². The van der Waals surface area contributed by atoms with Crippen molar-refractivity contribution in [1.29, 1.82) is 0 Å². The summed E-state index contributed by atoms with van der Waals surface area (Å²) < 4.78 is 0. The topological polar surface area (TPSA) is 0 Å². The third kappa shape index (κ3) is 0.963. The standard InChI is InChI=1S/C12H22/c1-5-8(2)6-10-9(3)11-7-12(10,11)4/h8-11H,5-7H2,1-4H3. The summed E-state index contributed by atoms with van der Waals surface area (Å²) in [6, 6.07) is 0. The Bertz CT molecular complexity index is 184. The van der Waals surface area contributed by atoms with Gasteiger partial charge < -0.3 is 0 Å². The summed E-state index contributed by atoms with van der Waals surface area (Å²) in [5, 5.41) is 0. The second-order valence-electron chi connectivity index (χ2n) is 5.53. The molecular formula is C12H22. The van der Waals surface area contributed by atoms with Crippen LogP contribution in [0.4, 0.5) is 0 Å². The maximum atomic E-state index is 2.50. The van der Waals surface area contributed by atoms with Gasteiger partial charge in [-0.15, -0.1) is 0 Å². The summed E-state index contributed by atoms with van der Waals surface area (Å²) in [4.78, 5) is 0. The Morgan fingerprint density at radius 3 is 2.58 bits per heavy atom. The molecule has 0 N–H and O–H groups in total. The Morgan fingerprint density at radius 1 is 1.50 bits per heavy atom. The smallest absolute Gasteiger partial charge is 0.0261 e. The van der Waals surface area contributed by atoms with Gasteiger partial charge in [0, 0.05) is 0 Å². The monoisotopic (exact) mass is 166 g/mol. The quantitative estimate of drug-likeness (QED) is 0.599. The van der Waals surface area contributed by atoms with Crippen LogP contribution < -0.4 is 0 Å². The highest BCUT2D eigenvalue weighted by atomic mass is 14.7. The fourth-order valence-electron chi connectivity index (χ4n) is 3.47. The van der Waals surface area contributed by atoms with Gasteiger partial charge in [-0.2, -0.15) is 0 Å². The fraction of sp³-hybridized carbons (Fsp3) is 1.00. The molecule has 0 radical (unpaired) electrons. The van der Waals surface area contributed by atoms with E-state index in [-0.39, 0.29) is 0 Å². The van der Waals surface area contributed by atoms with E-state index in [1.165, 1.54) is 19.3 Å². The average Bonchev–Trinajstić information content (AvgIpc) is 2.69. The molecule has 5 unspecified atom stereocenters. The highest BCUT2D eigenvalue weighted by Gasteiger charge is 2.68. The van der Waals surface area contributed by atoms with E-state index in [1.54, 1.807) is 0 Å².